The van der Waals surface area contributed by atoms with E-state index in [0.717, 1.165) is 35.1 Å². The zero-order chi connectivity index (χ0) is 19.6. The molecule has 154 valence electrons. The van der Waals surface area contributed by atoms with Crippen molar-refractivity contribution in [3.63, 3.8) is 0 Å². The van der Waals surface area contributed by atoms with Gasteiger partial charge >= 0.3 is 0 Å². The molecule has 8 heteroatoms. The van der Waals surface area contributed by atoms with E-state index in [9.17, 15) is 0 Å². The summed E-state index contributed by atoms with van der Waals surface area (Å²) in [6.07, 6.45) is 1.71. The zero-order valence-electron chi connectivity index (χ0n) is 17.1. The predicted molar refractivity (Wildman–Crippen MR) is 122 cm³/mol. The Balaban J connectivity index is 0.00000392. The van der Waals surface area contributed by atoms with E-state index in [4.69, 9.17) is 19.2 Å². The van der Waals surface area contributed by atoms with Crippen LogP contribution in [0.15, 0.2) is 41.5 Å². The molecule has 1 heterocycles. The second-order valence-corrected chi connectivity index (χ2v) is 5.88. The topological polar surface area (TPSA) is 68.2 Å². The minimum atomic E-state index is 0. The van der Waals surface area contributed by atoms with Crippen LogP contribution in [0.1, 0.15) is 18.1 Å². The minimum absolute atomic E-state index is 0. The first-order valence-electron chi connectivity index (χ1n) is 8.81. The highest BCUT2D eigenvalue weighted by Gasteiger charge is 2.12. The molecule has 2 rings (SSSR count). The van der Waals surface area contributed by atoms with Crippen LogP contribution < -0.4 is 19.5 Å². The Kier molecular flexibility index (Phi) is 10.4. The fourth-order valence-corrected chi connectivity index (χ4v) is 2.67. The predicted octanol–water partition coefficient (Wildman–Crippen LogP) is 3.32. The maximum Gasteiger partial charge on any atom is 0.218 e. The molecule has 0 radical (unpaired) electrons. The van der Waals surface area contributed by atoms with Gasteiger partial charge in [0.25, 0.3) is 0 Å². The molecule has 28 heavy (non-hydrogen) atoms. The van der Waals surface area contributed by atoms with Crippen LogP contribution in [0.5, 0.6) is 17.4 Å². The monoisotopic (exact) mass is 500 g/mol. The molecule has 1 aromatic carbocycles. The average Bonchev–Trinajstić information content (AvgIpc) is 2.71. The van der Waals surface area contributed by atoms with Crippen LogP contribution >= 0.6 is 24.0 Å². The second kappa shape index (κ2) is 12.3. The molecule has 7 nitrogen and oxygen atoms in total. The smallest absolute Gasteiger partial charge is 0.218 e. The number of pyridine rings is 1. The van der Waals surface area contributed by atoms with Gasteiger partial charge in [-0.1, -0.05) is 6.07 Å². The van der Waals surface area contributed by atoms with Gasteiger partial charge in [0.1, 0.15) is 11.5 Å². The molecular weight excluding hydrogens is 471 g/mol. The number of aliphatic imine (C=N–C) groups is 1. The van der Waals surface area contributed by atoms with Gasteiger partial charge in [0, 0.05) is 43.5 Å². The van der Waals surface area contributed by atoms with E-state index in [0.29, 0.717) is 19.0 Å². The van der Waals surface area contributed by atoms with Crippen LogP contribution in [-0.4, -0.2) is 50.8 Å². The normalized spacial score (nSPS) is 10.7. The highest BCUT2D eigenvalue weighted by atomic mass is 127. The van der Waals surface area contributed by atoms with Gasteiger partial charge in [-0.2, -0.15) is 0 Å². The third-order valence-electron chi connectivity index (χ3n) is 4.04. The summed E-state index contributed by atoms with van der Waals surface area (Å²) in [6.45, 7) is 3.93. The van der Waals surface area contributed by atoms with E-state index < -0.39 is 0 Å². The van der Waals surface area contributed by atoms with Gasteiger partial charge in [-0.15, -0.1) is 24.0 Å². The van der Waals surface area contributed by atoms with Gasteiger partial charge in [0.05, 0.1) is 27.9 Å². The summed E-state index contributed by atoms with van der Waals surface area (Å²) in [7, 11) is 6.91. The lowest BCUT2D eigenvalue weighted by Gasteiger charge is -2.23. The molecule has 2 aromatic rings. The number of halogens is 1. The van der Waals surface area contributed by atoms with Crippen LogP contribution in [0.3, 0.4) is 0 Å². The quantitative estimate of drug-likeness (QED) is 0.341. The Morgan fingerprint density at radius 3 is 2.54 bits per heavy atom. The van der Waals surface area contributed by atoms with Crippen molar-refractivity contribution < 1.29 is 14.2 Å². The standard InChI is InChI=1S/C20H28N4O3.HI/c1-6-21-20(23-13-15-8-7-11-22-19(15)27-5)24(2)14-16-9-10-17(25-3)12-18(16)26-4;/h7-12H,6,13-14H2,1-5H3,(H,21,23);1H. The number of hydrogen-bond acceptors (Lipinski definition) is 5. The highest BCUT2D eigenvalue weighted by Crippen LogP contribution is 2.25. The molecule has 0 spiro atoms. The summed E-state index contributed by atoms with van der Waals surface area (Å²) in [5.74, 6) is 2.94. The SMILES string of the molecule is CCNC(=NCc1cccnc1OC)N(C)Cc1ccc(OC)cc1OC.I. The molecule has 0 atom stereocenters. The Hall–Kier alpha value is -2.23. The van der Waals surface area contributed by atoms with Crippen molar-refractivity contribution >= 4 is 29.9 Å². The number of nitrogens with zero attached hydrogens (tertiary/aromatic N) is 3. The molecule has 0 fully saturated rings. The Labute approximate surface area is 184 Å². The van der Waals surface area contributed by atoms with Crippen molar-refractivity contribution in [1.29, 1.82) is 0 Å². The summed E-state index contributed by atoms with van der Waals surface area (Å²) in [4.78, 5) is 11.0. The third-order valence-corrected chi connectivity index (χ3v) is 4.04. The van der Waals surface area contributed by atoms with E-state index in [1.165, 1.54) is 0 Å². The number of aromatic nitrogens is 1. The van der Waals surface area contributed by atoms with Crippen LogP contribution in [0, 0.1) is 0 Å². The van der Waals surface area contributed by atoms with E-state index in [1.807, 2.05) is 44.3 Å². The Bertz CT molecular complexity index is 771. The number of hydrogen-bond donors (Lipinski definition) is 1. The van der Waals surface area contributed by atoms with Crippen LogP contribution in [0.25, 0.3) is 0 Å². The maximum absolute atomic E-state index is 5.50. The van der Waals surface area contributed by atoms with Gasteiger partial charge < -0.3 is 24.4 Å². The van der Waals surface area contributed by atoms with Crippen molar-refractivity contribution in [2.45, 2.75) is 20.0 Å². The number of guanidine groups is 1. The largest absolute Gasteiger partial charge is 0.497 e. The van der Waals surface area contributed by atoms with Gasteiger partial charge in [-0.3, -0.25) is 0 Å². The first-order chi connectivity index (χ1) is 13.1. The molecule has 1 N–H and O–H groups in total. The maximum atomic E-state index is 5.50. The fourth-order valence-electron chi connectivity index (χ4n) is 2.67. The van der Waals surface area contributed by atoms with Crippen LogP contribution in [-0.2, 0) is 13.1 Å². The summed E-state index contributed by atoms with van der Waals surface area (Å²) in [6, 6.07) is 9.66. The van der Waals surface area contributed by atoms with Crippen molar-refractivity contribution in [2.24, 2.45) is 4.99 Å². The summed E-state index contributed by atoms with van der Waals surface area (Å²) in [5.41, 5.74) is 1.98. The minimum Gasteiger partial charge on any atom is -0.497 e. The number of benzene rings is 1. The lowest BCUT2D eigenvalue weighted by atomic mass is 10.2. The van der Waals surface area contributed by atoms with Crippen molar-refractivity contribution in [1.82, 2.24) is 15.2 Å². The van der Waals surface area contributed by atoms with Gasteiger partial charge in [-0.05, 0) is 25.1 Å². The summed E-state index contributed by atoms with van der Waals surface area (Å²) in [5, 5.41) is 3.32. The summed E-state index contributed by atoms with van der Waals surface area (Å²) < 4.78 is 16.1. The van der Waals surface area contributed by atoms with Crippen molar-refractivity contribution in [3.8, 4) is 17.4 Å². The number of ether oxygens (including phenoxy) is 3. The van der Waals surface area contributed by atoms with E-state index in [2.05, 4.69) is 15.2 Å². The number of methoxy groups -OCH3 is 3. The van der Waals surface area contributed by atoms with Crippen molar-refractivity contribution in [2.75, 3.05) is 34.9 Å². The molecule has 1 aromatic heterocycles. The van der Waals surface area contributed by atoms with Crippen LogP contribution in [0.4, 0.5) is 0 Å². The first-order valence-corrected chi connectivity index (χ1v) is 8.81. The zero-order valence-corrected chi connectivity index (χ0v) is 19.4. The Morgan fingerprint density at radius 1 is 1.11 bits per heavy atom. The summed E-state index contributed by atoms with van der Waals surface area (Å²) >= 11 is 0. The molecule has 0 bridgehead atoms. The lowest BCUT2D eigenvalue weighted by Crippen LogP contribution is -2.38. The molecule has 0 saturated carbocycles. The average molecular weight is 500 g/mol. The molecule has 0 amide bonds. The number of rotatable bonds is 8. The molecule has 0 saturated heterocycles. The third kappa shape index (κ3) is 6.43. The molecule has 0 unspecified atom stereocenters. The molecule has 0 aliphatic heterocycles. The molecule has 0 aliphatic carbocycles. The lowest BCUT2D eigenvalue weighted by molar-refractivity contribution is 0.382. The first kappa shape index (κ1) is 23.8. The highest BCUT2D eigenvalue weighted by molar-refractivity contribution is 14.0. The number of nitrogens with one attached hydrogen (secondary N) is 1. The fraction of sp³-hybridized carbons (Fsp3) is 0.400. The molecular formula is C20H29IN4O3. The van der Waals surface area contributed by atoms with Crippen LogP contribution in [0.2, 0.25) is 0 Å². The second-order valence-electron chi connectivity index (χ2n) is 5.88. The van der Waals surface area contributed by atoms with E-state index >= 15 is 0 Å². The van der Waals surface area contributed by atoms with E-state index in [1.54, 1.807) is 27.5 Å². The van der Waals surface area contributed by atoms with Crippen molar-refractivity contribution in [3.05, 3.63) is 47.7 Å². The van der Waals surface area contributed by atoms with Gasteiger partial charge in [0.2, 0.25) is 5.88 Å². The van der Waals surface area contributed by atoms with Gasteiger partial charge in [0.15, 0.2) is 5.96 Å². The molecule has 0 aliphatic rings. The Morgan fingerprint density at radius 2 is 1.89 bits per heavy atom. The van der Waals surface area contributed by atoms with E-state index in [-0.39, 0.29) is 24.0 Å². The van der Waals surface area contributed by atoms with Gasteiger partial charge in [-0.25, -0.2) is 9.98 Å².